The summed E-state index contributed by atoms with van der Waals surface area (Å²) in [5.74, 6) is 2.59. The lowest BCUT2D eigenvalue weighted by molar-refractivity contribution is 0.0290. The first-order valence-corrected chi connectivity index (χ1v) is 11.0. The van der Waals surface area contributed by atoms with Gasteiger partial charge in [-0.3, -0.25) is 9.69 Å². The molecular formula is C22H24N4O2S. The Kier molecular flexibility index (Phi) is 4.93. The van der Waals surface area contributed by atoms with Gasteiger partial charge in [0.2, 0.25) is 0 Å². The van der Waals surface area contributed by atoms with Crippen LogP contribution in [-0.4, -0.2) is 46.5 Å². The Morgan fingerprint density at radius 2 is 2.28 bits per heavy atom. The maximum absolute atomic E-state index is 12.3. The number of amides is 1. The maximum Gasteiger partial charge on any atom is 0.261 e. The third kappa shape index (κ3) is 3.72. The summed E-state index contributed by atoms with van der Waals surface area (Å²) in [5.41, 5.74) is 1.97. The molecule has 150 valence electrons. The highest BCUT2D eigenvalue weighted by molar-refractivity contribution is 7.12. The van der Waals surface area contributed by atoms with E-state index in [0.29, 0.717) is 24.4 Å². The molecule has 4 atom stereocenters. The van der Waals surface area contributed by atoms with Crippen LogP contribution in [0.25, 0.3) is 11.5 Å². The molecule has 0 saturated carbocycles. The molecule has 3 aromatic heterocycles. The fraction of sp³-hybridized carbons (Fsp3) is 0.409. The second-order valence-electron chi connectivity index (χ2n) is 7.93. The number of carbonyl (C=O) groups is 1. The molecule has 0 spiro atoms. The Hall–Kier alpha value is -2.51. The van der Waals surface area contributed by atoms with Gasteiger partial charge in [0, 0.05) is 30.7 Å². The Labute approximate surface area is 174 Å². The van der Waals surface area contributed by atoms with Crippen LogP contribution in [0.5, 0.6) is 0 Å². The molecule has 3 aliphatic rings. The monoisotopic (exact) mass is 408 g/mol. The second kappa shape index (κ2) is 7.72. The number of aryl methyl sites for hydroxylation is 1. The molecule has 3 fully saturated rings. The van der Waals surface area contributed by atoms with Crippen LogP contribution >= 0.6 is 11.3 Å². The summed E-state index contributed by atoms with van der Waals surface area (Å²) < 4.78 is 5.54. The van der Waals surface area contributed by atoms with E-state index in [1.807, 2.05) is 36.6 Å². The molecule has 0 aromatic carbocycles. The highest BCUT2D eigenvalue weighted by Crippen LogP contribution is 2.41. The van der Waals surface area contributed by atoms with Crippen LogP contribution in [0.15, 0.2) is 46.4 Å². The standard InChI is InChI=1S/C22H24N4O2S/c1-14-24-18(11-19(25-14)20-4-2-8-28-20)17-13-26-7-6-15(17)10-16(26)12-23-22(27)21-5-3-9-29-21/h2-5,8-9,11,15-17H,6-7,10,12-13H2,1H3,(H,23,27)/t15-,16+,17-/m0/s1. The molecule has 3 saturated heterocycles. The lowest BCUT2D eigenvalue weighted by Gasteiger charge is -2.49. The zero-order valence-electron chi connectivity index (χ0n) is 16.4. The summed E-state index contributed by atoms with van der Waals surface area (Å²) in [4.78, 5) is 24.9. The van der Waals surface area contributed by atoms with Crippen molar-refractivity contribution in [2.75, 3.05) is 19.6 Å². The molecule has 6 rings (SSSR count). The summed E-state index contributed by atoms with van der Waals surface area (Å²) in [6.45, 7) is 4.73. The number of thiophene rings is 1. The van der Waals surface area contributed by atoms with E-state index in [1.165, 1.54) is 17.8 Å². The van der Waals surface area contributed by atoms with E-state index in [4.69, 9.17) is 9.40 Å². The largest absolute Gasteiger partial charge is 0.463 e. The SMILES string of the molecule is Cc1nc(-c2ccco2)cc([C@H]2CN3CC[C@H]2C[C@@H]3CNC(=O)c2cccs2)n1. The number of rotatable bonds is 5. The number of aromatic nitrogens is 2. The third-order valence-electron chi connectivity index (χ3n) is 6.13. The van der Waals surface area contributed by atoms with Crippen molar-refractivity contribution < 1.29 is 9.21 Å². The quantitative estimate of drug-likeness (QED) is 0.697. The molecule has 1 N–H and O–H groups in total. The fourth-order valence-electron chi connectivity index (χ4n) is 4.72. The third-order valence-corrected chi connectivity index (χ3v) is 7.00. The van der Waals surface area contributed by atoms with Crippen molar-refractivity contribution in [3.05, 3.63) is 58.4 Å². The summed E-state index contributed by atoms with van der Waals surface area (Å²) >= 11 is 1.48. The van der Waals surface area contributed by atoms with Gasteiger partial charge in [0.15, 0.2) is 5.76 Å². The first kappa shape index (κ1) is 18.5. The molecule has 29 heavy (non-hydrogen) atoms. The molecule has 7 heteroatoms. The Balaban J connectivity index is 1.29. The number of hydrogen-bond donors (Lipinski definition) is 1. The van der Waals surface area contributed by atoms with Crippen molar-refractivity contribution in [2.45, 2.75) is 31.7 Å². The molecule has 1 unspecified atom stereocenters. The van der Waals surface area contributed by atoms with Gasteiger partial charge in [-0.25, -0.2) is 9.97 Å². The minimum absolute atomic E-state index is 0.0358. The first-order chi connectivity index (χ1) is 14.2. The highest BCUT2D eigenvalue weighted by Gasteiger charge is 2.41. The lowest BCUT2D eigenvalue weighted by atomic mass is 9.74. The van der Waals surface area contributed by atoms with Gasteiger partial charge in [-0.05, 0) is 61.9 Å². The molecule has 3 aromatic rings. The summed E-state index contributed by atoms with van der Waals surface area (Å²) in [6.07, 6.45) is 3.95. The number of carbonyl (C=O) groups excluding carboxylic acids is 1. The van der Waals surface area contributed by atoms with E-state index in [0.717, 1.165) is 47.4 Å². The van der Waals surface area contributed by atoms with Crippen LogP contribution < -0.4 is 5.32 Å². The predicted molar refractivity (Wildman–Crippen MR) is 112 cm³/mol. The topological polar surface area (TPSA) is 71.3 Å². The van der Waals surface area contributed by atoms with Crippen LogP contribution in [0.4, 0.5) is 0 Å². The van der Waals surface area contributed by atoms with Gasteiger partial charge in [-0.1, -0.05) is 6.07 Å². The predicted octanol–water partition coefficient (Wildman–Crippen LogP) is 3.71. The zero-order chi connectivity index (χ0) is 19.8. The van der Waals surface area contributed by atoms with E-state index in [-0.39, 0.29) is 5.91 Å². The van der Waals surface area contributed by atoms with Crippen molar-refractivity contribution in [3.8, 4) is 11.5 Å². The summed E-state index contributed by atoms with van der Waals surface area (Å²) in [7, 11) is 0. The summed E-state index contributed by atoms with van der Waals surface area (Å²) in [6, 6.07) is 10.1. The second-order valence-corrected chi connectivity index (χ2v) is 8.88. The Bertz CT molecular complexity index is 986. The normalized spacial score (nSPS) is 25.8. The van der Waals surface area contributed by atoms with Gasteiger partial charge in [0.25, 0.3) is 5.91 Å². The van der Waals surface area contributed by atoms with Crippen LogP contribution in [0.1, 0.15) is 39.9 Å². The van der Waals surface area contributed by atoms with Crippen molar-refractivity contribution >= 4 is 17.2 Å². The average Bonchev–Trinajstić information content (AvgIpc) is 3.46. The molecule has 6 nitrogen and oxygen atoms in total. The smallest absolute Gasteiger partial charge is 0.261 e. The fourth-order valence-corrected chi connectivity index (χ4v) is 5.36. The van der Waals surface area contributed by atoms with Crippen LogP contribution in [0.2, 0.25) is 0 Å². The van der Waals surface area contributed by atoms with Gasteiger partial charge in [-0.15, -0.1) is 11.3 Å². The minimum Gasteiger partial charge on any atom is -0.463 e. The molecule has 0 radical (unpaired) electrons. The van der Waals surface area contributed by atoms with Gasteiger partial charge < -0.3 is 9.73 Å². The number of fused-ring (bicyclic) bond motifs is 3. The highest BCUT2D eigenvalue weighted by atomic mass is 32.1. The average molecular weight is 409 g/mol. The van der Waals surface area contributed by atoms with Gasteiger partial charge in [-0.2, -0.15) is 0 Å². The number of piperidine rings is 3. The van der Waals surface area contributed by atoms with Crippen LogP contribution in [0.3, 0.4) is 0 Å². The molecule has 2 bridgehead atoms. The van der Waals surface area contributed by atoms with E-state index < -0.39 is 0 Å². The summed E-state index contributed by atoms with van der Waals surface area (Å²) in [5, 5.41) is 5.06. The van der Waals surface area contributed by atoms with Gasteiger partial charge >= 0.3 is 0 Å². The molecule has 0 aliphatic carbocycles. The van der Waals surface area contributed by atoms with Crippen molar-refractivity contribution in [2.24, 2.45) is 5.92 Å². The maximum atomic E-state index is 12.3. The van der Waals surface area contributed by atoms with E-state index in [9.17, 15) is 4.79 Å². The molecule has 3 aliphatic heterocycles. The van der Waals surface area contributed by atoms with Crippen LogP contribution in [-0.2, 0) is 0 Å². The van der Waals surface area contributed by atoms with Crippen molar-refractivity contribution in [3.63, 3.8) is 0 Å². The van der Waals surface area contributed by atoms with Crippen molar-refractivity contribution in [1.29, 1.82) is 0 Å². The Morgan fingerprint density at radius 1 is 1.34 bits per heavy atom. The zero-order valence-corrected chi connectivity index (χ0v) is 17.2. The molecule has 1 amide bonds. The van der Waals surface area contributed by atoms with Gasteiger partial charge in [0.1, 0.15) is 11.5 Å². The number of nitrogens with zero attached hydrogens (tertiary/aromatic N) is 3. The van der Waals surface area contributed by atoms with Crippen LogP contribution in [0, 0.1) is 12.8 Å². The van der Waals surface area contributed by atoms with E-state index in [1.54, 1.807) is 6.26 Å². The number of nitrogens with one attached hydrogen (secondary N) is 1. The van der Waals surface area contributed by atoms with Crippen molar-refractivity contribution in [1.82, 2.24) is 20.2 Å². The number of hydrogen-bond acceptors (Lipinski definition) is 6. The van der Waals surface area contributed by atoms with Gasteiger partial charge in [0.05, 0.1) is 11.1 Å². The molecular weight excluding hydrogens is 384 g/mol. The van der Waals surface area contributed by atoms with E-state index >= 15 is 0 Å². The minimum atomic E-state index is 0.0358. The Morgan fingerprint density at radius 3 is 3.00 bits per heavy atom. The number of furan rings is 1. The van der Waals surface area contributed by atoms with E-state index in [2.05, 4.69) is 21.3 Å². The first-order valence-electron chi connectivity index (χ1n) is 10.1. The molecule has 6 heterocycles. The lowest BCUT2D eigenvalue weighted by Crippen LogP contribution is -2.56.